The zero-order valence-corrected chi connectivity index (χ0v) is 22.3. The predicted molar refractivity (Wildman–Crippen MR) is 143 cm³/mol. The van der Waals surface area contributed by atoms with E-state index in [2.05, 4.69) is 33.8 Å². The van der Waals surface area contributed by atoms with Gasteiger partial charge in [0.25, 0.3) is 5.91 Å². The molecule has 2 aromatic carbocycles. The number of alkyl carbamates (subject to hydrolysis) is 1. The van der Waals surface area contributed by atoms with Crippen molar-refractivity contribution in [1.29, 1.82) is 0 Å². The number of fused-ring (bicyclic) bond motifs is 2. The van der Waals surface area contributed by atoms with Crippen LogP contribution in [0.15, 0.2) is 36.4 Å². The second kappa shape index (κ2) is 10.3. The van der Waals surface area contributed by atoms with Gasteiger partial charge in [0, 0.05) is 25.1 Å². The number of benzene rings is 2. The highest BCUT2D eigenvalue weighted by Gasteiger charge is 2.39. The number of amides is 4. The number of halogens is 1. The van der Waals surface area contributed by atoms with Crippen molar-refractivity contribution in [3.8, 4) is 0 Å². The van der Waals surface area contributed by atoms with Gasteiger partial charge in [-0.2, -0.15) is 0 Å². The average molecular weight is 555 g/mol. The maximum atomic E-state index is 13.0. The lowest BCUT2D eigenvalue weighted by atomic mass is 9.77. The van der Waals surface area contributed by atoms with E-state index in [1.54, 1.807) is 17.4 Å². The van der Waals surface area contributed by atoms with Gasteiger partial charge in [0.2, 0.25) is 11.8 Å². The van der Waals surface area contributed by atoms with Crippen LogP contribution < -0.4 is 10.6 Å². The van der Waals surface area contributed by atoms with E-state index in [9.17, 15) is 19.2 Å². The molecule has 6 rings (SSSR count). The van der Waals surface area contributed by atoms with Gasteiger partial charge in [-0.15, -0.1) is 23.7 Å². The van der Waals surface area contributed by atoms with Crippen molar-refractivity contribution in [2.45, 2.75) is 63.8 Å². The van der Waals surface area contributed by atoms with Crippen LogP contribution >= 0.6 is 23.7 Å². The Balaban J connectivity index is 0.00000294. The number of piperidine rings is 1. The summed E-state index contributed by atoms with van der Waals surface area (Å²) in [7, 11) is 0. The normalized spacial score (nSPS) is 22.4. The van der Waals surface area contributed by atoms with Crippen molar-refractivity contribution in [3.05, 3.63) is 63.7 Å². The first kappa shape index (κ1) is 26.1. The van der Waals surface area contributed by atoms with Crippen LogP contribution in [-0.4, -0.2) is 45.8 Å². The highest BCUT2D eigenvalue weighted by Crippen LogP contribution is 2.42. The molecule has 0 spiro atoms. The lowest BCUT2D eigenvalue weighted by Crippen LogP contribution is -2.52. The van der Waals surface area contributed by atoms with Gasteiger partial charge in [-0.05, 0) is 60.9 Å². The van der Waals surface area contributed by atoms with E-state index in [1.165, 1.54) is 15.2 Å². The first-order valence-electron chi connectivity index (χ1n) is 12.4. The van der Waals surface area contributed by atoms with E-state index in [-0.39, 0.29) is 43.3 Å². The average Bonchev–Trinajstić information content (AvgIpc) is 3.39. The molecule has 2 fully saturated rings. The summed E-state index contributed by atoms with van der Waals surface area (Å²) in [5.41, 5.74) is 4.39. The number of aromatic nitrogens is 1. The zero-order valence-electron chi connectivity index (χ0n) is 20.7. The SMILES string of the molecule is Cc1nc2c(C3CC(OC(=O)NCc4ccc5c(c4)C(=O)N(C4CCC(=O)NC4=O)C5)C3)cccc2s1.Cl. The van der Waals surface area contributed by atoms with Crippen LogP contribution in [0.1, 0.15) is 63.7 Å². The predicted octanol–water partition coefficient (Wildman–Crippen LogP) is 3.96. The molecular weight excluding hydrogens is 528 g/mol. The largest absolute Gasteiger partial charge is 0.446 e. The Hall–Kier alpha value is -3.50. The molecule has 1 saturated heterocycles. The molecule has 9 nitrogen and oxygen atoms in total. The van der Waals surface area contributed by atoms with Crippen molar-refractivity contribution in [3.63, 3.8) is 0 Å². The molecule has 0 radical (unpaired) electrons. The number of para-hydroxylation sites is 1. The topological polar surface area (TPSA) is 118 Å². The smallest absolute Gasteiger partial charge is 0.407 e. The summed E-state index contributed by atoms with van der Waals surface area (Å²) in [6.07, 6.45) is 1.46. The summed E-state index contributed by atoms with van der Waals surface area (Å²) in [5.74, 6) is -0.647. The molecule has 1 aliphatic carbocycles. The van der Waals surface area contributed by atoms with Gasteiger partial charge < -0.3 is 15.0 Å². The number of aryl methyl sites for hydroxylation is 1. The van der Waals surface area contributed by atoms with Gasteiger partial charge >= 0.3 is 6.09 Å². The molecule has 3 aromatic rings. The minimum absolute atomic E-state index is 0. The van der Waals surface area contributed by atoms with Crippen molar-refractivity contribution < 1.29 is 23.9 Å². The molecule has 4 amide bonds. The monoisotopic (exact) mass is 554 g/mol. The van der Waals surface area contributed by atoms with E-state index in [4.69, 9.17) is 4.74 Å². The quantitative estimate of drug-likeness (QED) is 0.461. The number of ether oxygens (including phenoxy) is 1. The molecule has 2 N–H and O–H groups in total. The fraction of sp³-hybridized carbons (Fsp3) is 0.370. The summed E-state index contributed by atoms with van der Waals surface area (Å²) >= 11 is 1.69. The molecule has 1 aromatic heterocycles. The summed E-state index contributed by atoms with van der Waals surface area (Å²) < 4.78 is 6.78. The molecule has 11 heteroatoms. The number of carbonyl (C=O) groups excluding carboxylic acids is 4. The third-order valence-corrected chi connectivity index (χ3v) is 8.33. The molecule has 198 valence electrons. The van der Waals surface area contributed by atoms with Crippen molar-refractivity contribution in [1.82, 2.24) is 20.5 Å². The van der Waals surface area contributed by atoms with Crippen molar-refractivity contribution >= 4 is 57.8 Å². The first-order chi connectivity index (χ1) is 17.9. The van der Waals surface area contributed by atoms with E-state index in [0.29, 0.717) is 24.4 Å². The van der Waals surface area contributed by atoms with Gasteiger partial charge in [-0.25, -0.2) is 9.78 Å². The minimum atomic E-state index is -0.646. The number of nitrogens with zero attached hydrogens (tertiary/aromatic N) is 2. The third kappa shape index (κ3) is 4.86. The standard InChI is InChI=1S/C27H26N4O5S.ClH/c1-14-29-24-19(3-2-4-22(24)37-14)17-10-18(11-17)36-27(35)28-12-15-5-6-16-13-31(26(34)20(16)9-15)21-7-8-23(32)30-25(21)33;/h2-6,9,17-18,21H,7-8,10-13H2,1H3,(H,28,35)(H,30,32,33);1H. The van der Waals surface area contributed by atoms with Gasteiger partial charge in [-0.3, -0.25) is 19.7 Å². The Kier molecular flexibility index (Phi) is 7.11. The molecule has 2 aliphatic heterocycles. The molecule has 3 heterocycles. The maximum Gasteiger partial charge on any atom is 0.407 e. The number of nitrogens with one attached hydrogen (secondary N) is 2. The number of carbonyl (C=O) groups is 4. The summed E-state index contributed by atoms with van der Waals surface area (Å²) in [5, 5.41) is 6.13. The highest BCUT2D eigenvalue weighted by molar-refractivity contribution is 7.18. The van der Waals surface area contributed by atoms with Crippen LogP contribution in [0.2, 0.25) is 0 Å². The van der Waals surface area contributed by atoms with Crippen molar-refractivity contribution in [2.24, 2.45) is 0 Å². The fourth-order valence-corrected chi connectivity index (χ4v) is 6.27. The number of rotatable bonds is 5. The van der Waals surface area contributed by atoms with Crippen LogP contribution in [0.25, 0.3) is 10.2 Å². The molecule has 1 unspecified atom stereocenters. The summed E-state index contributed by atoms with van der Waals surface area (Å²) in [4.78, 5) is 55.2. The molecule has 1 saturated carbocycles. The minimum Gasteiger partial charge on any atom is -0.446 e. The maximum absolute atomic E-state index is 13.0. The van der Waals surface area contributed by atoms with Crippen LogP contribution in [0.4, 0.5) is 4.79 Å². The molecular formula is C27H27ClN4O5S. The van der Waals surface area contributed by atoms with Crippen LogP contribution in [0.3, 0.4) is 0 Å². The van der Waals surface area contributed by atoms with E-state index in [0.717, 1.165) is 34.5 Å². The molecule has 3 aliphatic rings. The number of hydrogen-bond acceptors (Lipinski definition) is 7. The van der Waals surface area contributed by atoms with Gasteiger partial charge in [-0.1, -0.05) is 24.3 Å². The van der Waals surface area contributed by atoms with Crippen molar-refractivity contribution in [2.75, 3.05) is 0 Å². The molecule has 0 bridgehead atoms. The Morgan fingerprint density at radius 2 is 2.03 bits per heavy atom. The van der Waals surface area contributed by atoms with Gasteiger partial charge in [0.15, 0.2) is 0 Å². The second-order valence-electron chi connectivity index (χ2n) is 9.87. The summed E-state index contributed by atoms with van der Waals surface area (Å²) in [6.45, 7) is 2.56. The lowest BCUT2D eigenvalue weighted by molar-refractivity contribution is -0.136. The van der Waals surface area contributed by atoms with E-state index < -0.39 is 18.0 Å². The van der Waals surface area contributed by atoms with Crippen LogP contribution in [-0.2, 0) is 27.4 Å². The number of imide groups is 1. The Labute approximate surface area is 229 Å². The Bertz CT molecular complexity index is 1450. The number of thiazole rings is 1. The van der Waals surface area contributed by atoms with Gasteiger partial charge in [0.05, 0.1) is 15.2 Å². The van der Waals surface area contributed by atoms with E-state index >= 15 is 0 Å². The van der Waals surface area contributed by atoms with Crippen LogP contribution in [0, 0.1) is 6.92 Å². The van der Waals surface area contributed by atoms with E-state index in [1.807, 2.05) is 19.1 Å². The first-order valence-corrected chi connectivity index (χ1v) is 13.2. The fourth-order valence-electron chi connectivity index (χ4n) is 5.41. The molecule has 1 atom stereocenters. The number of hydrogen-bond donors (Lipinski definition) is 2. The van der Waals surface area contributed by atoms with Crippen LogP contribution in [0.5, 0.6) is 0 Å². The second-order valence-corrected chi connectivity index (χ2v) is 11.1. The Morgan fingerprint density at radius 1 is 1.21 bits per heavy atom. The zero-order chi connectivity index (χ0) is 25.7. The third-order valence-electron chi connectivity index (χ3n) is 7.39. The van der Waals surface area contributed by atoms with Gasteiger partial charge in [0.1, 0.15) is 12.1 Å². The molecule has 38 heavy (non-hydrogen) atoms. The summed E-state index contributed by atoms with van der Waals surface area (Å²) in [6, 6.07) is 11.1. The lowest BCUT2D eigenvalue weighted by Gasteiger charge is -2.35. The Morgan fingerprint density at radius 3 is 2.82 bits per heavy atom. The highest BCUT2D eigenvalue weighted by atomic mass is 35.5.